The molecule has 0 amide bonds. The summed E-state index contributed by atoms with van der Waals surface area (Å²) in [7, 11) is 2.08. The molecule has 1 aromatic rings. The summed E-state index contributed by atoms with van der Waals surface area (Å²) >= 11 is 0. The SMILES string of the molecule is CCCNc1cccc(N2CCN(C)CC2C)c1[N+](=O)[O-]. The van der Waals surface area contributed by atoms with Crippen LogP contribution in [-0.4, -0.2) is 49.1 Å². The summed E-state index contributed by atoms with van der Waals surface area (Å²) in [5.41, 5.74) is 1.54. The van der Waals surface area contributed by atoms with Gasteiger partial charge in [-0.05, 0) is 32.5 Å². The molecule has 1 unspecified atom stereocenters. The van der Waals surface area contributed by atoms with Gasteiger partial charge in [0.25, 0.3) is 0 Å². The molecule has 116 valence electrons. The Morgan fingerprint density at radius 2 is 2.19 bits per heavy atom. The highest BCUT2D eigenvalue weighted by molar-refractivity contribution is 5.77. The predicted molar refractivity (Wildman–Crippen MR) is 86.2 cm³/mol. The van der Waals surface area contributed by atoms with Crippen LogP contribution in [-0.2, 0) is 0 Å². The average Bonchev–Trinajstić information content (AvgIpc) is 2.44. The molecule has 1 heterocycles. The summed E-state index contributed by atoms with van der Waals surface area (Å²) in [6.07, 6.45) is 0.937. The van der Waals surface area contributed by atoms with Crippen LogP contribution < -0.4 is 10.2 Å². The highest BCUT2D eigenvalue weighted by Gasteiger charge is 2.29. The summed E-state index contributed by atoms with van der Waals surface area (Å²) in [4.78, 5) is 15.7. The van der Waals surface area contributed by atoms with E-state index in [0.29, 0.717) is 5.69 Å². The lowest BCUT2D eigenvalue weighted by molar-refractivity contribution is -0.383. The van der Waals surface area contributed by atoms with Gasteiger partial charge in [0.2, 0.25) is 0 Å². The molecule has 0 saturated carbocycles. The first-order valence-corrected chi connectivity index (χ1v) is 7.51. The Kier molecular flexibility index (Phi) is 5.01. The summed E-state index contributed by atoms with van der Waals surface area (Å²) in [5.74, 6) is 0. The van der Waals surface area contributed by atoms with Gasteiger partial charge in [-0.3, -0.25) is 10.1 Å². The molecule has 0 radical (unpaired) electrons. The molecular formula is C15H24N4O2. The van der Waals surface area contributed by atoms with Gasteiger partial charge in [0.1, 0.15) is 11.4 Å². The zero-order valence-corrected chi connectivity index (χ0v) is 13.0. The standard InChI is InChI=1S/C15H24N4O2/c1-4-8-16-13-6-5-7-14(15(13)19(20)21)18-10-9-17(3)11-12(18)2/h5-7,12,16H,4,8-11H2,1-3H3. The molecule has 1 fully saturated rings. The Labute approximate surface area is 125 Å². The van der Waals surface area contributed by atoms with Crippen molar-refractivity contribution in [3.63, 3.8) is 0 Å². The van der Waals surface area contributed by atoms with E-state index >= 15 is 0 Å². The van der Waals surface area contributed by atoms with Crippen molar-refractivity contribution in [1.29, 1.82) is 0 Å². The Hall–Kier alpha value is -1.82. The second kappa shape index (κ2) is 6.76. The Bertz CT molecular complexity index is 506. The van der Waals surface area contributed by atoms with Gasteiger partial charge in [0, 0.05) is 32.2 Å². The molecule has 1 saturated heterocycles. The number of anilines is 2. The maximum absolute atomic E-state index is 11.5. The van der Waals surface area contributed by atoms with Crippen LogP contribution in [0, 0.1) is 10.1 Å². The van der Waals surface area contributed by atoms with Crippen molar-refractivity contribution in [3.8, 4) is 0 Å². The van der Waals surface area contributed by atoms with Crippen molar-refractivity contribution in [3.05, 3.63) is 28.3 Å². The molecule has 1 aliphatic rings. The number of hydrogen-bond acceptors (Lipinski definition) is 5. The fourth-order valence-corrected chi connectivity index (χ4v) is 2.85. The number of nitrogens with zero attached hydrogens (tertiary/aromatic N) is 3. The Morgan fingerprint density at radius 3 is 2.81 bits per heavy atom. The van der Waals surface area contributed by atoms with E-state index in [4.69, 9.17) is 0 Å². The minimum atomic E-state index is -0.266. The van der Waals surface area contributed by atoms with Crippen LogP contribution >= 0.6 is 0 Å². The molecule has 6 nitrogen and oxygen atoms in total. The topological polar surface area (TPSA) is 61.6 Å². The Balaban J connectivity index is 2.36. The third-order valence-electron chi connectivity index (χ3n) is 3.90. The first-order valence-electron chi connectivity index (χ1n) is 7.51. The number of benzene rings is 1. The number of rotatable bonds is 5. The molecule has 1 aliphatic heterocycles. The quantitative estimate of drug-likeness (QED) is 0.667. The summed E-state index contributed by atoms with van der Waals surface area (Å²) in [6, 6.07) is 5.81. The predicted octanol–water partition coefficient (Wildman–Crippen LogP) is 2.56. The van der Waals surface area contributed by atoms with Gasteiger partial charge in [-0.15, -0.1) is 0 Å². The van der Waals surface area contributed by atoms with Crippen molar-refractivity contribution in [2.24, 2.45) is 0 Å². The van der Waals surface area contributed by atoms with E-state index in [1.807, 2.05) is 19.1 Å². The van der Waals surface area contributed by atoms with Gasteiger partial charge in [0.05, 0.1) is 4.92 Å². The third kappa shape index (κ3) is 3.44. The fourth-order valence-electron chi connectivity index (χ4n) is 2.85. The first-order chi connectivity index (χ1) is 10.0. The molecular weight excluding hydrogens is 268 g/mol. The molecule has 2 rings (SSSR count). The van der Waals surface area contributed by atoms with Crippen molar-refractivity contribution >= 4 is 17.1 Å². The van der Waals surface area contributed by atoms with Crippen LogP contribution in [0.1, 0.15) is 20.3 Å². The Morgan fingerprint density at radius 1 is 1.43 bits per heavy atom. The highest BCUT2D eigenvalue weighted by atomic mass is 16.6. The third-order valence-corrected chi connectivity index (χ3v) is 3.90. The van der Waals surface area contributed by atoms with E-state index < -0.39 is 0 Å². The number of para-hydroxylation sites is 1. The van der Waals surface area contributed by atoms with Crippen LogP contribution in [0.4, 0.5) is 17.1 Å². The normalized spacial score (nSPS) is 19.6. The molecule has 1 atom stereocenters. The van der Waals surface area contributed by atoms with Gasteiger partial charge in [-0.1, -0.05) is 13.0 Å². The number of hydrogen-bond donors (Lipinski definition) is 1. The number of nitro benzene ring substituents is 1. The molecule has 6 heteroatoms. The van der Waals surface area contributed by atoms with Crippen LogP contribution in [0.5, 0.6) is 0 Å². The van der Waals surface area contributed by atoms with E-state index in [-0.39, 0.29) is 16.7 Å². The van der Waals surface area contributed by atoms with E-state index in [9.17, 15) is 10.1 Å². The molecule has 1 N–H and O–H groups in total. The lowest BCUT2D eigenvalue weighted by atomic mass is 10.1. The van der Waals surface area contributed by atoms with Crippen LogP contribution in [0.3, 0.4) is 0 Å². The number of piperazine rings is 1. The lowest BCUT2D eigenvalue weighted by Gasteiger charge is -2.39. The van der Waals surface area contributed by atoms with Crippen molar-refractivity contribution < 1.29 is 4.92 Å². The minimum Gasteiger partial charge on any atom is -0.379 e. The monoisotopic (exact) mass is 292 g/mol. The van der Waals surface area contributed by atoms with E-state index in [2.05, 4.69) is 29.1 Å². The van der Waals surface area contributed by atoms with Crippen LogP contribution in [0.15, 0.2) is 18.2 Å². The largest absolute Gasteiger partial charge is 0.379 e. The maximum atomic E-state index is 11.5. The zero-order valence-electron chi connectivity index (χ0n) is 13.0. The molecule has 0 spiro atoms. The van der Waals surface area contributed by atoms with Gasteiger partial charge >= 0.3 is 5.69 Å². The number of nitrogens with one attached hydrogen (secondary N) is 1. The van der Waals surface area contributed by atoms with E-state index in [1.165, 1.54) is 0 Å². The summed E-state index contributed by atoms with van der Waals surface area (Å²) < 4.78 is 0. The minimum absolute atomic E-state index is 0.197. The van der Waals surface area contributed by atoms with Crippen LogP contribution in [0.2, 0.25) is 0 Å². The van der Waals surface area contributed by atoms with Gasteiger partial charge < -0.3 is 15.1 Å². The molecule has 21 heavy (non-hydrogen) atoms. The maximum Gasteiger partial charge on any atom is 0.315 e. The van der Waals surface area contributed by atoms with Crippen molar-refractivity contribution in [1.82, 2.24) is 4.90 Å². The lowest BCUT2D eigenvalue weighted by Crippen LogP contribution is -2.50. The summed E-state index contributed by atoms with van der Waals surface area (Å²) in [5, 5.41) is 14.7. The van der Waals surface area contributed by atoms with Gasteiger partial charge in [-0.2, -0.15) is 0 Å². The summed E-state index contributed by atoms with van der Waals surface area (Å²) in [6.45, 7) is 7.56. The molecule has 0 bridgehead atoms. The second-order valence-electron chi connectivity index (χ2n) is 5.66. The average molecular weight is 292 g/mol. The molecule has 1 aromatic carbocycles. The zero-order chi connectivity index (χ0) is 15.4. The van der Waals surface area contributed by atoms with Crippen molar-refractivity contribution in [2.75, 3.05) is 43.4 Å². The van der Waals surface area contributed by atoms with Gasteiger partial charge in [0.15, 0.2) is 0 Å². The van der Waals surface area contributed by atoms with Gasteiger partial charge in [-0.25, -0.2) is 0 Å². The first kappa shape index (κ1) is 15.6. The number of likely N-dealkylation sites (N-methyl/N-ethyl adjacent to an activating group) is 1. The number of nitro groups is 1. The van der Waals surface area contributed by atoms with E-state index in [0.717, 1.165) is 38.3 Å². The van der Waals surface area contributed by atoms with E-state index in [1.54, 1.807) is 6.07 Å². The highest BCUT2D eigenvalue weighted by Crippen LogP contribution is 2.37. The van der Waals surface area contributed by atoms with Crippen LogP contribution in [0.25, 0.3) is 0 Å². The molecule has 0 aromatic heterocycles. The molecule has 0 aliphatic carbocycles. The smallest absolute Gasteiger partial charge is 0.315 e. The van der Waals surface area contributed by atoms with Crippen molar-refractivity contribution in [2.45, 2.75) is 26.3 Å². The second-order valence-corrected chi connectivity index (χ2v) is 5.66. The fraction of sp³-hybridized carbons (Fsp3) is 0.600.